The van der Waals surface area contributed by atoms with E-state index >= 15 is 0 Å². The highest BCUT2D eigenvalue weighted by atomic mass is 16.5. The van der Waals surface area contributed by atoms with Gasteiger partial charge in [-0.15, -0.1) is 0 Å². The molecule has 0 N–H and O–H groups in total. The van der Waals surface area contributed by atoms with Crippen LogP contribution >= 0.6 is 0 Å². The minimum Gasteiger partial charge on any atom is -0.463 e. The summed E-state index contributed by atoms with van der Waals surface area (Å²) in [5.74, 6) is -0.186. The standard InChI is InChI=1S/C24H23NO2/c1-2-27-24(26)23(20-15-17-25-16-9-14-21(20)25)22(18-10-5-3-6-11-18)19-12-7-4-8-13-19/h3-14,16,20H,2,15,17H2,1H3. The van der Waals surface area contributed by atoms with Crippen molar-refractivity contribution in [1.82, 2.24) is 4.57 Å². The van der Waals surface area contributed by atoms with Gasteiger partial charge in [-0.25, -0.2) is 4.79 Å². The van der Waals surface area contributed by atoms with Crippen LogP contribution < -0.4 is 0 Å². The van der Waals surface area contributed by atoms with Crippen LogP contribution in [0.4, 0.5) is 0 Å². The lowest BCUT2D eigenvalue weighted by atomic mass is 9.84. The molecular formula is C24H23NO2. The van der Waals surface area contributed by atoms with E-state index in [1.165, 1.54) is 5.69 Å². The fraction of sp³-hybridized carbons (Fsp3) is 0.208. The highest BCUT2D eigenvalue weighted by Crippen LogP contribution is 2.41. The maximum atomic E-state index is 13.2. The maximum absolute atomic E-state index is 13.2. The maximum Gasteiger partial charge on any atom is 0.335 e. The van der Waals surface area contributed by atoms with Crippen LogP contribution in [0.25, 0.3) is 5.57 Å². The summed E-state index contributed by atoms with van der Waals surface area (Å²) < 4.78 is 7.76. The lowest BCUT2D eigenvalue weighted by molar-refractivity contribution is -0.138. The van der Waals surface area contributed by atoms with E-state index in [1.807, 2.05) is 43.3 Å². The van der Waals surface area contributed by atoms with Gasteiger partial charge in [-0.2, -0.15) is 0 Å². The van der Waals surface area contributed by atoms with Crippen molar-refractivity contribution >= 4 is 11.5 Å². The molecule has 0 saturated heterocycles. The second kappa shape index (κ2) is 7.67. The van der Waals surface area contributed by atoms with E-state index in [0.717, 1.165) is 35.2 Å². The molecule has 3 aromatic rings. The molecule has 0 aliphatic carbocycles. The van der Waals surface area contributed by atoms with Gasteiger partial charge in [0.05, 0.1) is 12.2 Å². The lowest BCUT2D eigenvalue weighted by Gasteiger charge is -2.20. The molecule has 1 unspecified atom stereocenters. The topological polar surface area (TPSA) is 31.2 Å². The molecule has 1 aliphatic rings. The van der Waals surface area contributed by atoms with Crippen molar-refractivity contribution in [2.45, 2.75) is 25.8 Å². The Morgan fingerprint density at radius 2 is 1.59 bits per heavy atom. The summed E-state index contributed by atoms with van der Waals surface area (Å²) in [7, 11) is 0. The molecule has 2 heterocycles. The van der Waals surface area contributed by atoms with Gasteiger partial charge in [-0.1, -0.05) is 60.7 Å². The van der Waals surface area contributed by atoms with Crippen molar-refractivity contribution in [1.29, 1.82) is 0 Å². The third-order valence-electron chi connectivity index (χ3n) is 5.12. The number of rotatable bonds is 5. The third-order valence-corrected chi connectivity index (χ3v) is 5.12. The first-order chi connectivity index (χ1) is 13.3. The number of carbonyl (C=O) groups is 1. The van der Waals surface area contributed by atoms with Crippen molar-refractivity contribution < 1.29 is 9.53 Å². The number of nitrogens with zero attached hydrogens (tertiary/aromatic N) is 1. The normalized spacial score (nSPS) is 15.2. The average Bonchev–Trinajstić information content (AvgIpc) is 3.32. The summed E-state index contributed by atoms with van der Waals surface area (Å²) in [6.45, 7) is 3.15. The van der Waals surface area contributed by atoms with E-state index in [2.05, 4.69) is 47.2 Å². The third kappa shape index (κ3) is 3.33. The average molecular weight is 357 g/mol. The van der Waals surface area contributed by atoms with Gasteiger partial charge in [-0.05, 0) is 36.6 Å². The molecule has 0 bridgehead atoms. The molecular weight excluding hydrogens is 334 g/mol. The molecule has 1 aliphatic heterocycles. The first-order valence-corrected chi connectivity index (χ1v) is 9.46. The summed E-state index contributed by atoms with van der Waals surface area (Å²) in [5, 5.41) is 0. The van der Waals surface area contributed by atoms with Crippen molar-refractivity contribution in [3.05, 3.63) is 101 Å². The summed E-state index contributed by atoms with van der Waals surface area (Å²) in [6.07, 6.45) is 3.00. The molecule has 2 aromatic carbocycles. The number of carbonyl (C=O) groups excluding carboxylic acids is 1. The first kappa shape index (κ1) is 17.3. The van der Waals surface area contributed by atoms with Gasteiger partial charge in [0.2, 0.25) is 0 Å². The fourth-order valence-electron chi connectivity index (χ4n) is 3.97. The second-order valence-electron chi connectivity index (χ2n) is 6.71. The van der Waals surface area contributed by atoms with E-state index < -0.39 is 0 Å². The zero-order chi connectivity index (χ0) is 18.6. The SMILES string of the molecule is CCOC(=O)C(=C(c1ccccc1)c1ccccc1)C1CCn2cccc21. The predicted octanol–water partition coefficient (Wildman–Crippen LogP) is 5.04. The van der Waals surface area contributed by atoms with Crippen LogP contribution in [0.1, 0.15) is 36.1 Å². The molecule has 0 amide bonds. The largest absolute Gasteiger partial charge is 0.463 e. The van der Waals surface area contributed by atoms with Gasteiger partial charge < -0.3 is 9.30 Å². The minimum atomic E-state index is -0.222. The van der Waals surface area contributed by atoms with Crippen LogP contribution in [0.15, 0.2) is 84.6 Å². The molecule has 1 atom stereocenters. The summed E-state index contributed by atoms with van der Waals surface area (Å²) in [5.41, 5.74) is 4.98. The number of aromatic nitrogens is 1. The van der Waals surface area contributed by atoms with E-state index in [1.54, 1.807) is 0 Å². The van der Waals surface area contributed by atoms with Gasteiger partial charge in [0, 0.05) is 29.9 Å². The molecule has 0 radical (unpaired) electrons. The van der Waals surface area contributed by atoms with Gasteiger partial charge in [0.15, 0.2) is 0 Å². The Labute approximate surface area is 159 Å². The molecule has 1 aromatic heterocycles. The van der Waals surface area contributed by atoms with E-state index in [0.29, 0.717) is 6.61 Å². The van der Waals surface area contributed by atoms with Crippen molar-refractivity contribution in [3.63, 3.8) is 0 Å². The lowest BCUT2D eigenvalue weighted by Crippen LogP contribution is -2.16. The monoisotopic (exact) mass is 357 g/mol. The summed E-state index contributed by atoms with van der Waals surface area (Å²) in [4.78, 5) is 13.2. The van der Waals surface area contributed by atoms with Crippen molar-refractivity contribution in [2.75, 3.05) is 6.61 Å². The highest BCUT2D eigenvalue weighted by Gasteiger charge is 2.33. The Morgan fingerprint density at radius 1 is 0.963 bits per heavy atom. The zero-order valence-electron chi connectivity index (χ0n) is 15.5. The molecule has 4 rings (SSSR count). The molecule has 3 heteroatoms. The highest BCUT2D eigenvalue weighted by molar-refractivity contribution is 6.03. The number of aryl methyl sites for hydroxylation is 1. The molecule has 136 valence electrons. The van der Waals surface area contributed by atoms with Gasteiger partial charge >= 0.3 is 5.97 Å². The number of esters is 1. The number of benzene rings is 2. The molecule has 0 saturated carbocycles. The van der Waals surface area contributed by atoms with Gasteiger partial charge in [0.1, 0.15) is 0 Å². The molecule has 0 spiro atoms. The first-order valence-electron chi connectivity index (χ1n) is 9.46. The Bertz CT molecular complexity index is 913. The van der Waals surface area contributed by atoms with Crippen LogP contribution in [-0.4, -0.2) is 17.1 Å². The molecule has 3 nitrogen and oxygen atoms in total. The van der Waals surface area contributed by atoms with Crippen molar-refractivity contribution in [2.24, 2.45) is 0 Å². The fourth-order valence-corrected chi connectivity index (χ4v) is 3.97. The van der Waals surface area contributed by atoms with E-state index in [4.69, 9.17) is 4.74 Å². The molecule has 27 heavy (non-hydrogen) atoms. The van der Waals surface area contributed by atoms with Gasteiger partial charge in [-0.3, -0.25) is 0 Å². The predicted molar refractivity (Wildman–Crippen MR) is 107 cm³/mol. The van der Waals surface area contributed by atoms with Crippen LogP contribution in [0.5, 0.6) is 0 Å². The van der Waals surface area contributed by atoms with E-state index in [9.17, 15) is 4.79 Å². The Balaban J connectivity index is 1.97. The Hall–Kier alpha value is -3.07. The Morgan fingerprint density at radius 3 is 2.19 bits per heavy atom. The van der Waals surface area contributed by atoms with Crippen LogP contribution in [-0.2, 0) is 16.1 Å². The zero-order valence-corrected chi connectivity index (χ0v) is 15.5. The minimum absolute atomic E-state index is 0.0365. The number of hydrogen-bond acceptors (Lipinski definition) is 2. The second-order valence-corrected chi connectivity index (χ2v) is 6.71. The van der Waals surface area contributed by atoms with Crippen molar-refractivity contribution in [3.8, 4) is 0 Å². The van der Waals surface area contributed by atoms with Crippen LogP contribution in [0.2, 0.25) is 0 Å². The van der Waals surface area contributed by atoms with E-state index in [-0.39, 0.29) is 11.9 Å². The Kier molecular flexibility index (Phi) is 4.93. The van der Waals surface area contributed by atoms with Gasteiger partial charge in [0.25, 0.3) is 0 Å². The van der Waals surface area contributed by atoms with Crippen LogP contribution in [0.3, 0.4) is 0 Å². The number of fused-ring (bicyclic) bond motifs is 1. The summed E-state index contributed by atoms with van der Waals surface area (Å²) in [6, 6.07) is 24.5. The van der Waals surface area contributed by atoms with Crippen LogP contribution in [0, 0.1) is 0 Å². The summed E-state index contributed by atoms with van der Waals surface area (Å²) >= 11 is 0. The smallest absolute Gasteiger partial charge is 0.335 e. The quantitative estimate of drug-likeness (QED) is 0.473. The number of hydrogen-bond donors (Lipinski definition) is 0. The molecule has 0 fully saturated rings. The number of ether oxygens (including phenoxy) is 1.